The van der Waals surface area contributed by atoms with E-state index in [0.717, 1.165) is 0 Å². The Hall–Kier alpha value is -3.81. The highest BCUT2D eigenvalue weighted by atomic mass is 19.3. The van der Waals surface area contributed by atoms with Gasteiger partial charge in [0.1, 0.15) is 0 Å². The van der Waals surface area contributed by atoms with E-state index in [9.17, 15) is 18.4 Å². The fourth-order valence-electron chi connectivity index (χ4n) is 3.05. The molecule has 0 aliphatic carbocycles. The van der Waals surface area contributed by atoms with E-state index in [2.05, 4.69) is 22.2 Å². The van der Waals surface area contributed by atoms with Crippen molar-refractivity contribution in [3.05, 3.63) is 101 Å². The number of carbonyl (C=O) groups excluding carboxylic acids is 1. The molecule has 0 fully saturated rings. The first kappa shape index (κ1) is 21.9. The third kappa shape index (κ3) is 4.85. The van der Waals surface area contributed by atoms with Crippen LogP contribution in [0.5, 0.6) is 0 Å². The molecule has 0 bridgehead atoms. The van der Waals surface area contributed by atoms with E-state index < -0.39 is 17.9 Å². The third-order valence-corrected chi connectivity index (χ3v) is 4.85. The molecule has 2 aromatic heterocycles. The van der Waals surface area contributed by atoms with Crippen LogP contribution >= 0.6 is 0 Å². The molecule has 0 aliphatic heterocycles. The zero-order chi connectivity index (χ0) is 22.6. The second-order valence-corrected chi connectivity index (χ2v) is 6.95. The van der Waals surface area contributed by atoms with Crippen molar-refractivity contribution in [2.45, 2.75) is 18.9 Å². The summed E-state index contributed by atoms with van der Waals surface area (Å²) in [5.41, 5.74) is 1.29. The number of carbonyl (C=O) groups is 1. The number of rotatable bonds is 7. The van der Waals surface area contributed by atoms with Crippen LogP contribution in [0.1, 0.15) is 34.5 Å². The minimum absolute atomic E-state index is 0.225. The molecule has 1 unspecified atom stereocenters. The number of hydrogen-bond donors (Lipinski definition) is 2. The normalized spacial score (nSPS) is 12.1. The molecule has 31 heavy (non-hydrogen) atoms. The van der Waals surface area contributed by atoms with Crippen molar-refractivity contribution >= 4 is 11.6 Å². The molecule has 0 saturated carbocycles. The molecule has 1 atom stereocenters. The Bertz CT molecular complexity index is 1160. The maximum Gasteiger partial charge on any atom is 0.291 e. The second kappa shape index (κ2) is 8.91. The van der Waals surface area contributed by atoms with Gasteiger partial charge in [-0.15, -0.1) is 0 Å². The van der Waals surface area contributed by atoms with E-state index in [-0.39, 0.29) is 16.7 Å². The summed E-state index contributed by atoms with van der Waals surface area (Å²) in [7, 11) is 1.63. The molecular weight excluding hydrogens is 402 g/mol. The van der Waals surface area contributed by atoms with E-state index >= 15 is 0 Å². The highest BCUT2D eigenvalue weighted by Crippen LogP contribution is 2.33. The quantitative estimate of drug-likeness (QED) is 0.562. The molecule has 2 heterocycles. The van der Waals surface area contributed by atoms with Crippen molar-refractivity contribution in [3.8, 4) is 5.69 Å². The smallest absolute Gasteiger partial charge is 0.291 e. The van der Waals surface area contributed by atoms with E-state index in [1.165, 1.54) is 35.0 Å². The number of amides is 1. The lowest BCUT2D eigenvalue weighted by Crippen LogP contribution is -2.28. The number of halogens is 2. The fraction of sp³-hybridized carbons (Fsp3) is 0.174. The molecule has 3 aromatic rings. The van der Waals surface area contributed by atoms with E-state index in [1.807, 2.05) is 0 Å². The molecule has 0 radical (unpaired) electrons. The van der Waals surface area contributed by atoms with Gasteiger partial charge in [0.05, 0.1) is 17.3 Å². The van der Waals surface area contributed by atoms with Crippen LogP contribution in [-0.2, 0) is 5.92 Å². The maximum atomic E-state index is 14.1. The zero-order valence-electron chi connectivity index (χ0n) is 17.1. The van der Waals surface area contributed by atoms with Crippen molar-refractivity contribution in [1.29, 1.82) is 0 Å². The minimum Gasteiger partial charge on any atom is -0.388 e. The van der Waals surface area contributed by atoms with Gasteiger partial charge in [0, 0.05) is 43.0 Å². The number of pyridine rings is 2. The lowest BCUT2D eigenvalue weighted by atomic mass is 9.99. The van der Waals surface area contributed by atoms with Crippen LogP contribution in [0, 0.1) is 0 Å². The number of nitrogens with zero attached hydrogens (tertiary/aromatic N) is 2. The summed E-state index contributed by atoms with van der Waals surface area (Å²) in [4.78, 5) is 28.9. The van der Waals surface area contributed by atoms with Gasteiger partial charge in [-0.05, 0) is 55.0 Å². The molecule has 1 aromatic carbocycles. The Morgan fingerprint density at radius 2 is 1.90 bits per heavy atom. The first-order chi connectivity index (χ1) is 14.7. The van der Waals surface area contributed by atoms with Crippen LogP contribution in [0.3, 0.4) is 0 Å². The van der Waals surface area contributed by atoms with Crippen LogP contribution in [0.2, 0.25) is 0 Å². The summed E-state index contributed by atoms with van der Waals surface area (Å²) in [5, 5.41) is 5.65. The molecule has 160 valence electrons. The van der Waals surface area contributed by atoms with E-state index in [4.69, 9.17) is 0 Å². The Balaban J connectivity index is 1.88. The van der Waals surface area contributed by atoms with Crippen LogP contribution < -0.4 is 16.2 Å². The van der Waals surface area contributed by atoms with Crippen LogP contribution in [0.4, 0.5) is 14.5 Å². The predicted octanol–water partition coefficient (Wildman–Crippen LogP) is 4.04. The Labute approximate surface area is 178 Å². The molecule has 0 saturated heterocycles. The molecule has 8 heteroatoms. The van der Waals surface area contributed by atoms with Crippen molar-refractivity contribution in [1.82, 2.24) is 14.9 Å². The van der Waals surface area contributed by atoms with Gasteiger partial charge in [0.25, 0.3) is 17.4 Å². The SMILES string of the molecule is C=CC(F)(F)c1cc(NC)cc(C(C)NC(=O)c2ccc(=O)n(-c3ccncc3)c2)c1. The lowest BCUT2D eigenvalue weighted by molar-refractivity contribution is 0.0525. The average Bonchev–Trinajstić information content (AvgIpc) is 2.79. The van der Waals surface area contributed by atoms with Crippen molar-refractivity contribution in [2.24, 2.45) is 0 Å². The van der Waals surface area contributed by atoms with E-state index in [0.29, 0.717) is 23.0 Å². The summed E-state index contributed by atoms with van der Waals surface area (Å²) in [6.45, 7) is 4.89. The predicted molar refractivity (Wildman–Crippen MR) is 116 cm³/mol. The van der Waals surface area contributed by atoms with Gasteiger partial charge in [-0.1, -0.05) is 6.58 Å². The summed E-state index contributed by atoms with van der Waals surface area (Å²) in [6.07, 6.45) is 5.10. The molecule has 0 aliphatic rings. The number of nitrogens with one attached hydrogen (secondary N) is 2. The van der Waals surface area contributed by atoms with Crippen LogP contribution in [-0.4, -0.2) is 22.5 Å². The second-order valence-electron chi connectivity index (χ2n) is 6.95. The largest absolute Gasteiger partial charge is 0.388 e. The summed E-state index contributed by atoms with van der Waals surface area (Å²) in [6, 6.07) is 9.81. The number of benzene rings is 1. The zero-order valence-corrected chi connectivity index (χ0v) is 17.1. The molecule has 0 spiro atoms. The fourth-order valence-corrected chi connectivity index (χ4v) is 3.05. The standard InChI is InChI=1S/C23H22F2N4O2/c1-4-23(24,25)18-11-17(12-19(13-18)26-3)15(2)28-22(31)16-5-6-21(30)29(14-16)20-7-9-27-10-8-20/h4-15,26H,1H2,2-3H3,(H,28,31). The van der Waals surface area contributed by atoms with Crippen molar-refractivity contribution < 1.29 is 13.6 Å². The average molecular weight is 424 g/mol. The lowest BCUT2D eigenvalue weighted by Gasteiger charge is -2.20. The number of aromatic nitrogens is 2. The number of alkyl halides is 2. The van der Waals surface area contributed by atoms with Gasteiger partial charge in [0.2, 0.25) is 0 Å². The Morgan fingerprint density at radius 1 is 1.19 bits per heavy atom. The Morgan fingerprint density at radius 3 is 2.55 bits per heavy atom. The summed E-state index contributed by atoms with van der Waals surface area (Å²) >= 11 is 0. The first-order valence-corrected chi connectivity index (χ1v) is 9.54. The van der Waals surface area contributed by atoms with Gasteiger partial charge in [-0.2, -0.15) is 8.78 Å². The molecular formula is C23H22F2N4O2. The maximum absolute atomic E-state index is 14.1. The van der Waals surface area contributed by atoms with Crippen molar-refractivity contribution in [3.63, 3.8) is 0 Å². The highest BCUT2D eigenvalue weighted by molar-refractivity contribution is 5.94. The van der Waals surface area contributed by atoms with Crippen molar-refractivity contribution in [2.75, 3.05) is 12.4 Å². The van der Waals surface area contributed by atoms with Gasteiger partial charge in [0.15, 0.2) is 0 Å². The monoisotopic (exact) mass is 424 g/mol. The number of anilines is 1. The van der Waals surface area contributed by atoms with Gasteiger partial charge in [-0.3, -0.25) is 19.1 Å². The Kier molecular flexibility index (Phi) is 6.29. The minimum atomic E-state index is -3.20. The molecule has 2 N–H and O–H groups in total. The third-order valence-electron chi connectivity index (χ3n) is 4.85. The van der Waals surface area contributed by atoms with E-state index in [1.54, 1.807) is 44.6 Å². The topological polar surface area (TPSA) is 76.0 Å². The number of allylic oxidation sites excluding steroid dienone is 1. The molecule has 3 rings (SSSR count). The first-order valence-electron chi connectivity index (χ1n) is 9.54. The van der Waals surface area contributed by atoms with Crippen LogP contribution in [0.15, 0.2) is 78.5 Å². The summed E-state index contributed by atoms with van der Waals surface area (Å²) < 4.78 is 29.6. The molecule has 1 amide bonds. The van der Waals surface area contributed by atoms with Gasteiger partial charge in [-0.25, -0.2) is 0 Å². The van der Waals surface area contributed by atoms with Gasteiger partial charge >= 0.3 is 0 Å². The molecule has 6 nitrogen and oxygen atoms in total. The summed E-state index contributed by atoms with van der Waals surface area (Å²) in [5.74, 6) is -3.65. The highest BCUT2D eigenvalue weighted by Gasteiger charge is 2.28. The van der Waals surface area contributed by atoms with Gasteiger partial charge < -0.3 is 10.6 Å². The number of hydrogen-bond acceptors (Lipinski definition) is 4. The van der Waals surface area contributed by atoms with Crippen LogP contribution in [0.25, 0.3) is 5.69 Å².